The fraction of sp³-hybridized carbons (Fsp3) is 0.222. The van der Waals surface area contributed by atoms with E-state index in [2.05, 4.69) is 10.2 Å². The molecule has 1 saturated heterocycles. The van der Waals surface area contributed by atoms with Gasteiger partial charge in [-0.05, 0) is 18.2 Å². The molecular weight excluding hydrogens is 423 g/mol. The van der Waals surface area contributed by atoms with Gasteiger partial charge in [0, 0.05) is 31.6 Å². The predicted octanol–water partition coefficient (Wildman–Crippen LogP) is 3.02. The normalized spacial score (nSPS) is 15.9. The summed E-state index contributed by atoms with van der Waals surface area (Å²) in [4.78, 5) is 14.5. The molecule has 0 radical (unpaired) electrons. The summed E-state index contributed by atoms with van der Waals surface area (Å²) in [5.41, 5.74) is 1.19. The number of amides is 1. The number of sulfonamides is 1. The summed E-state index contributed by atoms with van der Waals surface area (Å²) >= 11 is 12.1. The summed E-state index contributed by atoms with van der Waals surface area (Å²) in [6.07, 6.45) is 1.66. The first-order valence-corrected chi connectivity index (χ1v) is 10.7. The number of nitrogens with zero attached hydrogens (tertiary/aromatic N) is 3. The summed E-state index contributed by atoms with van der Waals surface area (Å²) < 4.78 is 27.2. The van der Waals surface area contributed by atoms with Crippen LogP contribution in [0.5, 0.6) is 0 Å². The highest BCUT2D eigenvalue weighted by Crippen LogP contribution is 2.32. The highest BCUT2D eigenvalue weighted by molar-refractivity contribution is 7.89. The van der Waals surface area contributed by atoms with Gasteiger partial charge >= 0.3 is 0 Å². The van der Waals surface area contributed by atoms with Crippen molar-refractivity contribution in [3.05, 3.63) is 58.2 Å². The van der Waals surface area contributed by atoms with Gasteiger partial charge in [-0.25, -0.2) is 8.42 Å². The van der Waals surface area contributed by atoms with Gasteiger partial charge in [0.1, 0.15) is 4.90 Å². The van der Waals surface area contributed by atoms with Crippen LogP contribution in [0.15, 0.2) is 47.5 Å². The highest BCUT2D eigenvalue weighted by atomic mass is 35.5. The number of aromatic amines is 1. The van der Waals surface area contributed by atoms with Crippen molar-refractivity contribution < 1.29 is 13.2 Å². The molecule has 0 bridgehead atoms. The Bertz CT molecular complexity index is 1130. The first-order chi connectivity index (χ1) is 13.4. The third-order valence-corrected chi connectivity index (χ3v) is 7.60. The van der Waals surface area contributed by atoms with Crippen molar-refractivity contribution in [1.82, 2.24) is 19.4 Å². The van der Waals surface area contributed by atoms with Crippen LogP contribution in [0.4, 0.5) is 0 Å². The Balaban J connectivity index is 1.53. The fourth-order valence-corrected chi connectivity index (χ4v) is 5.82. The monoisotopic (exact) mass is 438 g/mol. The zero-order valence-electron chi connectivity index (χ0n) is 14.6. The second kappa shape index (κ2) is 7.36. The molecule has 0 saturated carbocycles. The summed E-state index contributed by atoms with van der Waals surface area (Å²) in [5, 5.41) is 7.83. The molecule has 1 amide bonds. The van der Waals surface area contributed by atoms with Crippen LogP contribution in [0.2, 0.25) is 10.0 Å². The van der Waals surface area contributed by atoms with Gasteiger partial charge in [0.15, 0.2) is 0 Å². The van der Waals surface area contributed by atoms with E-state index in [0.29, 0.717) is 11.1 Å². The SMILES string of the molecule is O=C(c1cccc2cn[nH]c12)N1CCN(S(=O)(=O)c2c(Cl)cccc2Cl)CC1. The molecule has 1 fully saturated rings. The molecule has 0 atom stereocenters. The maximum Gasteiger partial charge on any atom is 0.256 e. The predicted molar refractivity (Wildman–Crippen MR) is 107 cm³/mol. The number of halogens is 2. The number of carbonyl (C=O) groups excluding carboxylic acids is 1. The third kappa shape index (κ3) is 3.26. The third-order valence-electron chi connectivity index (χ3n) is 4.75. The Morgan fingerprint density at radius 3 is 2.32 bits per heavy atom. The standard InChI is InChI=1S/C18H16Cl2N4O3S/c19-14-5-2-6-15(20)17(14)28(26,27)24-9-7-23(8-10-24)18(25)13-4-1-3-12-11-21-22-16(12)13/h1-6,11H,7-10H2,(H,21,22). The van der Waals surface area contributed by atoms with E-state index in [0.717, 1.165) is 5.39 Å². The number of aromatic nitrogens is 2. The molecule has 3 aromatic rings. The van der Waals surface area contributed by atoms with E-state index >= 15 is 0 Å². The number of hydrogen-bond acceptors (Lipinski definition) is 4. The summed E-state index contributed by atoms with van der Waals surface area (Å²) in [7, 11) is -3.85. The van der Waals surface area contributed by atoms with Crippen LogP contribution in [-0.2, 0) is 10.0 Å². The van der Waals surface area contributed by atoms with Crippen molar-refractivity contribution in [3.63, 3.8) is 0 Å². The molecule has 28 heavy (non-hydrogen) atoms. The first-order valence-electron chi connectivity index (χ1n) is 8.55. The van der Waals surface area contributed by atoms with Gasteiger partial charge in [-0.2, -0.15) is 9.40 Å². The van der Waals surface area contributed by atoms with E-state index in [9.17, 15) is 13.2 Å². The van der Waals surface area contributed by atoms with Crippen molar-refractivity contribution in [2.45, 2.75) is 4.90 Å². The molecule has 1 aliphatic heterocycles. The lowest BCUT2D eigenvalue weighted by Gasteiger charge is -2.34. The van der Waals surface area contributed by atoms with Gasteiger partial charge in [-0.3, -0.25) is 9.89 Å². The van der Waals surface area contributed by atoms with E-state index in [1.165, 1.54) is 16.4 Å². The molecule has 4 rings (SSSR count). The van der Waals surface area contributed by atoms with E-state index in [4.69, 9.17) is 23.2 Å². The van der Waals surface area contributed by atoms with E-state index in [1.54, 1.807) is 29.3 Å². The van der Waals surface area contributed by atoms with Gasteiger partial charge in [0.2, 0.25) is 10.0 Å². The maximum atomic E-state index is 13.0. The van der Waals surface area contributed by atoms with Crippen LogP contribution in [0.1, 0.15) is 10.4 Å². The molecule has 0 aliphatic carbocycles. The van der Waals surface area contributed by atoms with Crippen molar-refractivity contribution in [2.24, 2.45) is 0 Å². The van der Waals surface area contributed by atoms with E-state index in [-0.39, 0.29) is 47.0 Å². The number of nitrogens with one attached hydrogen (secondary N) is 1. The Morgan fingerprint density at radius 2 is 1.64 bits per heavy atom. The molecule has 7 nitrogen and oxygen atoms in total. The number of fused-ring (bicyclic) bond motifs is 1. The molecule has 1 aromatic heterocycles. The lowest BCUT2D eigenvalue weighted by Crippen LogP contribution is -2.50. The summed E-state index contributed by atoms with van der Waals surface area (Å²) in [6.45, 7) is 0.860. The molecule has 146 valence electrons. The molecule has 10 heteroatoms. The van der Waals surface area contributed by atoms with Crippen LogP contribution in [0.3, 0.4) is 0 Å². The van der Waals surface area contributed by atoms with Gasteiger partial charge in [0.25, 0.3) is 5.91 Å². The minimum absolute atomic E-state index is 0.0805. The number of para-hydroxylation sites is 1. The first kappa shape index (κ1) is 19.2. The smallest absolute Gasteiger partial charge is 0.256 e. The van der Waals surface area contributed by atoms with Crippen molar-refractivity contribution >= 4 is 50.0 Å². The molecule has 0 spiro atoms. The lowest BCUT2D eigenvalue weighted by atomic mass is 10.1. The second-order valence-electron chi connectivity index (χ2n) is 6.39. The molecule has 1 N–H and O–H groups in total. The zero-order valence-corrected chi connectivity index (χ0v) is 16.9. The number of H-pyrrole nitrogens is 1. The second-order valence-corrected chi connectivity index (χ2v) is 9.08. The Kier molecular flexibility index (Phi) is 5.05. The number of rotatable bonds is 3. The summed E-state index contributed by atoms with van der Waals surface area (Å²) in [6, 6.07) is 9.97. The van der Waals surface area contributed by atoms with Crippen LogP contribution in [-0.4, -0.2) is 59.9 Å². The van der Waals surface area contributed by atoms with Crippen LogP contribution in [0.25, 0.3) is 10.9 Å². The summed E-state index contributed by atoms with van der Waals surface area (Å²) in [5.74, 6) is -0.164. The van der Waals surface area contributed by atoms with Gasteiger partial charge in [-0.1, -0.05) is 41.4 Å². The zero-order chi connectivity index (χ0) is 19.9. The minimum atomic E-state index is -3.85. The van der Waals surface area contributed by atoms with E-state index < -0.39 is 10.0 Å². The van der Waals surface area contributed by atoms with E-state index in [1.807, 2.05) is 6.07 Å². The number of hydrogen-bond donors (Lipinski definition) is 1. The quantitative estimate of drug-likeness (QED) is 0.680. The largest absolute Gasteiger partial charge is 0.336 e. The van der Waals surface area contributed by atoms with Gasteiger partial charge < -0.3 is 4.90 Å². The highest BCUT2D eigenvalue weighted by Gasteiger charge is 2.33. The van der Waals surface area contributed by atoms with Crippen LogP contribution < -0.4 is 0 Å². The maximum absolute atomic E-state index is 13.0. The van der Waals surface area contributed by atoms with Crippen molar-refractivity contribution in [1.29, 1.82) is 0 Å². The van der Waals surface area contributed by atoms with Crippen molar-refractivity contribution in [3.8, 4) is 0 Å². The Morgan fingerprint density at radius 1 is 1.00 bits per heavy atom. The van der Waals surface area contributed by atoms with Crippen LogP contribution in [0, 0.1) is 0 Å². The molecule has 2 heterocycles. The fourth-order valence-electron chi connectivity index (χ4n) is 3.31. The topological polar surface area (TPSA) is 86.4 Å². The van der Waals surface area contributed by atoms with Gasteiger partial charge in [0.05, 0.1) is 27.3 Å². The number of piperazine rings is 1. The van der Waals surface area contributed by atoms with Crippen molar-refractivity contribution in [2.75, 3.05) is 26.2 Å². The molecular formula is C18H16Cl2N4O3S. The number of carbonyl (C=O) groups is 1. The lowest BCUT2D eigenvalue weighted by molar-refractivity contribution is 0.0699. The minimum Gasteiger partial charge on any atom is -0.336 e. The molecule has 2 aromatic carbocycles. The Labute approximate surface area is 171 Å². The molecule has 0 unspecified atom stereocenters. The average molecular weight is 439 g/mol. The average Bonchev–Trinajstić information content (AvgIpc) is 3.16. The number of benzene rings is 2. The molecule has 1 aliphatic rings. The van der Waals surface area contributed by atoms with Crippen LogP contribution >= 0.6 is 23.2 Å². The van der Waals surface area contributed by atoms with Gasteiger partial charge in [-0.15, -0.1) is 0 Å². The Hall–Kier alpha value is -2.13.